The van der Waals surface area contributed by atoms with Crippen molar-refractivity contribution >= 4 is 34.0 Å². The molecule has 0 amide bonds. The molecule has 0 aromatic rings. The Morgan fingerprint density at radius 1 is 0.750 bits per heavy atom. The van der Waals surface area contributed by atoms with Gasteiger partial charge in [0, 0.05) is 0 Å². The standard InChI is InChI=1S/2BrH.Cu.O/h2*1H;;/q;;+2;-2. The molecule has 0 rings (SSSR count). The summed E-state index contributed by atoms with van der Waals surface area (Å²) in [4.78, 5) is 0. The van der Waals surface area contributed by atoms with E-state index in [2.05, 4.69) is 0 Å². The minimum absolute atomic E-state index is 0. The number of halogens is 2. The van der Waals surface area contributed by atoms with E-state index in [1.807, 2.05) is 0 Å². The Morgan fingerprint density at radius 2 is 0.750 bits per heavy atom. The third kappa shape index (κ3) is 9.88. The Kier molecular flexibility index (Phi) is 328. The van der Waals surface area contributed by atoms with Gasteiger partial charge in [0.2, 0.25) is 0 Å². The first-order valence-electron chi connectivity index (χ1n) is 0. The van der Waals surface area contributed by atoms with Crippen LogP contribution in [0.25, 0.3) is 0 Å². The summed E-state index contributed by atoms with van der Waals surface area (Å²) in [6.07, 6.45) is 0. The molecule has 0 aliphatic heterocycles. The number of rotatable bonds is 0. The van der Waals surface area contributed by atoms with Crippen LogP contribution in [0.15, 0.2) is 0 Å². The van der Waals surface area contributed by atoms with Gasteiger partial charge in [-0.1, -0.05) is 0 Å². The van der Waals surface area contributed by atoms with E-state index < -0.39 is 0 Å². The van der Waals surface area contributed by atoms with Crippen molar-refractivity contribution in [3.8, 4) is 0 Å². The Balaban J connectivity index is 0. The van der Waals surface area contributed by atoms with Gasteiger partial charge in [-0.05, 0) is 0 Å². The van der Waals surface area contributed by atoms with Gasteiger partial charge in [0.1, 0.15) is 0 Å². The smallest absolute Gasteiger partial charge is 2.00 e. The van der Waals surface area contributed by atoms with Gasteiger partial charge in [0.25, 0.3) is 0 Å². The van der Waals surface area contributed by atoms with E-state index in [1.54, 1.807) is 0 Å². The molecule has 0 aromatic carbocycles. The minimum Gasteiger partial charge on any atom is -2.00 e. The van der Waals surface area contributed by atoms with Crippen molar-refractivity contribution < 1.29 is 22.5 Å². The molecule has 0 unspecified atom stereocenters. The predicted molar refractivity (Wildman–Crippen MR) is 21.3 cm³/mol. The Bertz CT molecular complexity index is 6.00. The summed E-state index contributed by atoms with van der Waals surface area (Å²) in [6, 6.07) is 0. The summed E-state index contributed by atoms with van der Waals surface area (Å²) in [5.41, 5.74) is 0. The van der Waals surface area contributed by atoms with Crippen molar-refractivity contribution in [3.63, 3.8) is 0 Å². The topological polar surface area (TPSA) is 28.5 Å². The first-order valence-corrected chi connectivity index (χ1v) is 0. The van der Waals surface area contributed by atoms with Gasteiger partial charge in [0.05, 0.1) is 0 Å². The molecule has 0 aromatic heterocycles. The van der Waals surface area contributed by atoms with Crippen molar-refractivity contribution in [3.05, 3.63) is 0 Å². The molecule has 4 heavy (non-hydrogen) atoms. The fourth-order valence-electron chi connectivity index (χ4n) is 0. The van der Waals surface area contributed by atoms with Gasteiger partial charge in [-0.3, -0.25) is 0 Å². The maximum atomic E-state index is 0. The van der Waals surface area contributed by atoms with E-state index >= 15 is 0 Å². The quantitative estimate of drug-likeness (QED) is 0.567. The molecule has 1 radical (unpaired) electrons. The van der Waals surface area contributed by atoms with Gasteiger partial charge in [-0.15, -0.1) is 34.0 Å². The molecule has 4 heteroatoms. The first-order chi connectivity index (χ1) is 0. The average molecular weight is 241 g/mol. The van der Waals surface area contributed by atoms with Gasteiger partial charge in [0.15, 0.2) is 0 Å². The maximum absolute atomic E-state index is 0. The first kappa shape index (κ1) is 51.7. The Labute approximate surface area is 56.5 Å². The van der Waals surface area contributed by atoms with Crippen LogP contribution in [0.5, 0.6) is 0 Å². The summed E-state index contributed by atoms with van der Waals surface area (Å²) < 4.78 is 0. The number of hydrogen-bond acceptors (Lipinski definition) is 0. The van der Waals surface area contributed by atoms with E-state index in [0.29, 0.717) is 0 Å². The van der Waals surface area contributed by atoms with Crippen LogP contribution < -0.4 is 0 Å². The second-order valence-corrected chi connectivity index (χ2v) is 0. The normalized spacial score (nSPS) is 0. The fourth-order valence-corrected chi connectivity index (χ4v) is 0. The summed E-state index contributed by atoms with van der Waals surface area (Å²) in [7, 11) is 0. The zero-order chi connectivity index (χ0) is 0. The zero-order valence-corrected chi connectivity index (χ0v) is 5.89. The molecule has 0 aliphatic carbocycles. The molecule has 0 saturated heterocycles. The molecule has 33 valence electrons. The van der Waals surface area contributed by atoms with Crippen molar-refractivity contribution in [1.29, 1.82) is 0 Å². The zero-order valence-electron chi connectivity index (χ0n) is 1.53. The Hall–Kier alpha value is 1.44. The van der Waals surface area contributed by atoms with Crippen LogP contribution >= 0.6 is 34.0 Å². The number of hydrogen-bond donors (Lipinski definition) is 0. The molecule has 0 bridgehead atoms. The van der Waals surface area contributed by atoms with Crippen molar-refractivity contribution in [1.82, 2.24) is 0 Å². The molecule has 0 atom stereocenters. The molecule has 0 N–H and O–H groups in total. The molecule has 0 spiro atoms. The minimum atomic E-state index is 0. The van der Waals surface area contributed by atoms with E-state index in [-0.39, 0.29) is 56.5 Å². The van der Waals surface area contributed by atoms with Crippen LogP contribution in [0.2, 0.25) is 0 Å². The third-order valence-electron chi connectivity index (χ3n) is 0. The van der Waals surface area contributed by atoms with Gasteiger partial charge in [-0.25, -0.2) is 0 Å². The van der Waals surface area contributed by atoms with E-state index in [0.717, 1.165) is 0 Å². The summed E-state index contributed by atoms with van der Waals surface area (Å²) in [5, 5.41) is 0. The fraction of sp³-hybridized carbons (Fsp3) is 0. The molecule has 0 saturated carbocycles. The summed E-state index contributed by atoms with van der Waals surface area (Å²) in [6.45, 7) is 0. The predicted octanol–water partition coefficient (Wildman–Crippen LogP) is 1.03. The van der Waals surface area contributed by atoms with E-state index in [1.165, 1.54) is 0 Å². The second-order valence-electron chi connectivity index (χ2n) is 0. The van der Waals surface area contributed by atoms with Crippen LogP contribution in [-0.4, -0.2) is 0 Å². The van der Waals surface area contributed by atoms with E-state index in [9.17, 15) is 0 Å². The van der Waals surface area contributed by atoms with Gasteiger partial charge in [-0.2, -0.15) is 0 Å². The SMILES string of the molecule is Br.Br.[Cu+2].[O-2]. The molecule has 1 nitrogen and oxygen atoms in total. The van der Waals surface area contributed by atoms with Crippen molar-refractivity contribution in [2.75, 3.05) is 0 Å². The van der Waals surface area contributed by atoms with Gasteiger partial charge >= 0.3 is 17.1 Å². The van der Waals surface area contributed by atoms with Crippen LogP contribution in [0.4, 0.5) is 0 Å². The third-order valence-corrected chi connectivity index (χ3v) is 0. The van der Waals surface area contributed by atoms with Crippen molar-refractivity contribution in [2.24, 2.45) is 0 Å². The molecular formula is H2Br2CuO. The Morgan fingerprint density at radius 3 is 0.750 bits per heavy atom. The second kappa shape index (κ2) is 25.3. The maximum Gasteiger partial charge on any atom is 2.00 e. The van der Waals surface area contributed by atoms with Crippen LogP contribution in [-0.2, 0) is 22.5 Å². The average Bonchev–Trinajstić information content (AvgIpc) is 0. The monoisotopic (exact) mass is 239 g/mol. The molecule has 0 heterocycles. The van der Waals surface area contributed by atoms with E-state index in [4.69, 9.17) is 0 Å². The molecule has 0 fully saturated rings. The van der Waals surface area contributed by atoms with Crippen molar-refractivity contribution in [2.45, 2.75) is 0 Å². The van der Waals surface area contributed by atoms with Crippen LogP contribution in [0.3, 0.4) is 0 Å². The summed E-state index contributed by atoms with van der Waals surface area (Å²) in [5.74, 6) is 0. The van der Waals surface area contributed by atoms with Gasteiger partial charge < -0.3 is 5.48 Å². The molecule has 0 aliphatic rings. The largest absolute Gasteiger partial charge is 2.00 e. The summed E-state index contributed by atoms with van der Waals surface area (Å²) >= 11 is 0. The van der Waals surface area contributed by atoms with Crippen LogP contribution in [0, 0.1) is 0 Å². The van der Waals surface area contributed by atoms with Crippen LogP contribution in [0.1, 0.15) is 0 Å². The molecular weight excluding hydrogens is 239 g/mol.